The van der Waals surface area contributed by atoms with Crippen LogP contribution in [0.1, 0.15) is 12.0 Å². The van der Waals surface area contributed by atoms with Crippen LogP contribution >= 0.6 is 0 Å². The number of halogens is 3. The summed E-state index contributed by atoms with van der Waals surface area (Å²) in [5.41, 5.74) is 6.54. The van der Waals surface area contributed by atoms with E-state index in [2.05, 4.69) is 5.16 Å². The Morgan fingerprint density at radius 3 is 2.68 bits per heavy atom. The summed E-state index contributed by atoms with van der Waals surface area (Å²) >= 11 is 0. The zero-order valence-electron chi connectivity index (χ0n) is 9.85. The molecule has 0 unspecified atom stereocenters. The number of amidine groups is 1. The molecule has 0 radical (unpaired) electrons. The molecule has 0 saturated carbocycles. The summed E-state index contributed by atoms with van der Waals surface area (Å²) in [6.07, 6.45) is -3.50. The van der Waals surface area contributed by atoms with E-state index < -0.39 is 12.6 Å². The lowest BCUT2D eigenvalue weighted by molar-refractivity contribution is -0.136. The number of benzene rings is 1. The fraction of sp³-hybridized carbons (Fsp3) is 0.250. The molecule has 102 valence electrons. The molecular formula is C12H12F3N3O. The zero-order valence-corrected chi connectivity index (χ0v) is 9.85. The number of fused-ring (bicyclic) bond motifs is 1. The van der Waals surface area contributed by atoms with Crippen LogP contribution in [0.5, 0.6) is 0 Å². The minimum atomic E-state index is -4.19. The van der Waals surface area contributed by atoms with E-state index in [0.717, 1.165) is 5.39 Å². The zero-order chi connectivity index (χ0) is 14.0. The second-order valence-corrected chi connectivity index (χ2v) is 4.13. The number of nitrogens with zero attached hydrogens (tertiary/aromatic N) is 2. The Bertz CT molecular complexity index is 616. The molecule has 0 atom stereocenters. The summed E-state index contributed by atoms with van der Waals surface area (Å²) in [5.74, 6) is -0.0783. The lowest BCUT2D eigenvalue weighted by atomic mass is 10.1. The maximum absolute atomic E-state index is 12.2. The van der Waals surface area contributed by atoms with Crippen LogP contribution < -0.4 is 5.73 Å². The lowest BCUT2D eigenvalue weighted by Gasteiger charge is -2.09. The van der Waals surface area contributed by atoms with Crippen molar-refractivity contribution >= 4 is 16.7 Å². The molecule has 0 amide bonds. The van der Waals surface area contributed by atoms with Crippen molar-refractivity contribution in [3.63, 3.8) is 0 Å². The lowest BCUT2D eigenvalue weighted by Crippen LogP contribution is -2.14. The van der Waals surface area contributed by atoms with Crippen LogP contribution in [-0.4, -0.2) is 21.8 Å². The van der Waals surface area contributed by atoms with Crippen LogP contribution in [0.15, 0.2) is 35.6 Å². The Kier molecular flexibility index (Phi) is 3.37. The maximum Gasteiger partial charge on any atom is 0.390 e. The van der Waals surface area contributed by atoms with Crippen LogP contribution in [0.3, 0.4) is 0 Å². The number of aromatic nitrogens is 1. The molecule has 4 nitrogen and oxygen atoms in total. The van der Waals surface area contributed by atoms with Crippen molar-refractivity contribution in [1.82, 2.24) is 4.57 Å². The van der Waals surface area contributed by atoms with E-state index in [4.69, 9.17) is 10.9 Å². The van der Waals surface area contributed by atoms with Gasteiger partial charge in [-0.15, -0.1) is 0 Å². The molecule has 7 heteroatoms. The van der Waals surface area contributed by atoms with Crippen molar-refractivity contribution in [3.05, 3.63) is 36.0 Å². The maximum atomic E-state index is 12.2. The third-order valence-corrected chi connectivity index (χ3v) is 2.81. The molecule has 0 fully saturated rings. The molecule has 0 aliphatic carbocycles. The van der Waals surface area contributed by atoms with Crippen LogP contribution in [0.2, 0.25) is 0 Å². The van der Waals surface area contributed by atoms with E-state index in [0.29, 0.717) is 11.1 Å². The Labute approximate surface area is 106 Å². The summed E-state index contributed by atoms with van der Waals surface area (Å²) in [6, 6.07) is 6.68. The number of alkyl halides is 3. The van der Waals surface area contributed by atoms with Gasteiger partial charge in [0.1, 0.15) is 0 Å². The van der Waals surface area contributed by atoms with Crippen molar-refractivity contribution in [1.29, 1.82) is 0 Å². The van der Waals surface area contributed by atoms with Crippen LogP contribution in [-0.2, 0) is 6.54 Å². The molecule has 3 N–H and O–H groups in total. The third kappa shape index (κ3) is 2.98. The van der Waals surface area contributed by atoms with Gasteiger partial charge in [0, 0.05) is 23.8 Å². The van der Waals surface area contributed by atoms with E-state index in [1.165, 1.54) is 4.57 Å². The molecule has 0 saturated heterocycles. The SMILES string of the molecule is N/C(=N/O)c1ccc2ccn(CCC(F)(F)F)c2c1. The van der Waals surface area contributed by atoms with Crippen LogP contribution in [0.25, 0.3) is 10.9 Å². The standard InChI is InChI=1S/C12H12F3N3O/c13-12(14,15)4-6-18-5-3-8-1-2-9(7-10(8)18)11(16)17-19/h1-3,5,7,19H,4,6H2,(H2,16,17). The largest absolute Gasteiger partial charge is 0.409 e. The first-order chi connectivity index (χ1) is 8.90. The van der Waals surface area contributed by atoms with Gasteiger partial charge in [-0.05, 0) is 17.5 Å². The minimum Gasteiger partial charge on any atom is -0.409 e. The quantitative estimate of drug-likeness (QED) is 0.390. The Morgan fingerprint density at radius 2 is 2.05 bits per heavy atom. The predicted molar refractivity (Wildman–Crippen MR) is 65.1 cm³/mol. The minimum absolute atomic E-state index is 0.0783. The van der Waals surface area contributed by atoms with Gasteiger partial charge in [0.2, 0.25) is 0 Å². The average Bonchev–Trinajstić information content (AvgIpc) is 2.76. The molecule has 1 aromatic heterocycles. The highest BCUT2D eigenvalue weighted by atomic mass is 19.4. The van der Waals surface area contributed by atoms with Gasteiger partial charge in [-0.2, -0.15) is 13.2 Å². The smallest absolute Gasteiger partial charge is 0.390 e. The second kappa shape index (κ2) is 4.83. The number of oxime groups is 1. The normalized spacial score (nSPS) is 13.1. The van der Waals surface area contributed by atoms with Crippen molar-refractivity contribution in [3.8, 4) is 0 Å². The Hall–Kier alpha value is -2.18. The van der Waals surface area contributed by atoms with Gasteiger partial charge in [-0.25, -0.2) is 0 Å². The highest BCUT2D eigenvalue weighted by Gasteiger charge is 2.26. The van der Waals surface area contributed by atoms with Crippen molar-refractivity contribution < 1.29 is 18.4 Å². The summed E-state index contributed by atoms with van der Waals surface area (Å²) in [6.45, 7) is -0.160. The van der Waals surface area contributed by atoms with Gasteiger partial charge < -0.3 is 15.5 Å². The average molecular weight is 271 g/mol. The number of aryl methyl sites for hydroxylation is 1. The van der Waals surface area contributed by atoms with Crippen LogP contribution in [0.4, 0.5) is 13.2 Å². The first kappa shape index (κ1) is 13.3. The highest BCUT2D eigenvalue weighted by molar-refractivity contribution is 6.00. The second-order valence-electron chi connectivity index (χ2n) is 4.13. The number of hydrogen-bond acceptors (Lipinski definition) is 2. The van der Waals surface area contributed by atoms with Gasteiger partial charge in [-0.3, -0.25) is 0 Å². The molecule has 1 aromatic carbocycles. The predicted octanol–water partition coefficient (Wildman–Crippen LogP) is 2.69. The van der Waals surface area contributed by atoms with Crippen molar-refractivity contribution in [2.24, 2.45) is 10.9 Å². The number of nitrogens with two attached hydrogens (primary N) is 1. The summed E-state index contributed by atoms with van der Waals surface area (Å²) in [7, 11) is 0. The third-order valence-electron chi connectivity index (χ3n) is 2.81. The molecule has 0 spiro atoms. The first-order valence-electron chi connectivity index (χ1n) is 5.54. The Morgan fingerprint density at radius 1 is 1.32 bits per heavy atom. The summed E-state index contributed by atoms with van der Waals surface area (Å²) in [4.78, 5) is 0. The number of hydrogen-bond donors (Lipinski definition) is 2. The summed E-state index contributed by atoms with van der Waals surface area (Å²) in [5, 5.41) is 12.3. The van der Waals surface area contributed by atoms with Gasteiger partial charge >= 0.3 is 6.18 Å². The molecule has 2 aromatic rings. The molecular weight excluding hydrogens is 259 g/mol. The molecule has 19 heavy (non-hydrogen) atoms. The summed E-state index contributed by atoms with van der Waals surface area (Å²) < 4.78 is 38.2. The van der Waals surface area contributed by atoms with Gasteiger partial charge in [-0.1, -0.05) is 17.3 Å². The monoisotopic (exact) mass is 271 g/mol. The molecule has 1 heterocycles. The van der Waals surface area contributed by atoms with Crippen LogP contribution in [0, 0.1) is 0 Å². The molecule has 2 rings (SSSR count). The van der Waals surface area contributed by atoms with E-state index >= 15 is 0 Å². The van der Waals surface area contributed by atoms with Crippen molar-refractivity contribution in [2.45, 2.75) is 19.1 Å². The van der Waals surface area contributed by atoms with Gasteiger partial charge in [0.05, 0.1) is 6.42 Å². The first-order valence-corrected chi connectivity index (χ1v) is 5.54. The molecule has 0 bridgehead atoms. The molecule has 0 aliphatic heterocycles. The van der Waals surface area contributed by atoms with Crippen molar-refractivity contribution in [2.75, 3.05) is 0 Å². The van der Waals surface area contributed by atoms with Gasteiger partial charge in [0.15, 0.2) is 5.84 Å². The fourth-order valence-corrected chi connectivity index (χ4v) is 1.84. The fourth-order valence-electron chi connectivity index (χ4n) is 1.84. The van der Waals surface area contributed by atoms with Gasteiger partial charge in [0.25, 0.3) is 0 Å². The van der Waals surface area contributed by atoms with E-state index in [-0.39, 0.29) is 12.4 Å². The number of rotatable bonds is 3. The Balaban J connectivity index is 2.35. The van der Waals surface area contributed by atoms with E-state index in [9.17, 15) is 13.2 Å². The highest BCUT2D eigenvalue weighted by Crippen LogP contribution is 2.23. The topological polar surface area (TPSA) is 63.5 Å². The van der Waals surface area contributed by atoms with E-state index in [1.54, 1.807) is 30.5 Å². The van der Waals surface area contributed by atoms with E-state index in [1.807, 2.05) is 0 Å². The molecule has 0 aliphatic rings.